The Kier molecular flexibility index (Phi) is 5.38. The van der Waals surface area contributed by atoms with E-state index in [9.17, 15) is 4.79 Å². The third-order valence-corrected chi connectivity index (χ3v) is 3.86. The van der Waals surface area contributed by atoms with Crippen LogP contribution in [0.2, 0.25) is 0 Å². The Labute approximate surface area is 129 Å². The fourth-order valence-corrected chi connectivity index (χ4v) is 2.74. The van der Waals surface area contributed by atoms with Gasteiger partial charge >= 0.3 is 6.03 Å². The fourth-order valence-electron chi connectivity index (χ4n) is 2.08. The molecule has 0 aliphatic rings. The molecule has 0 saturated heterocycles. The van der Waals surface area contributed by atoms with Crippen molar-refractivity contribution in [1.29, 1.82) is 0 Å². The highest BCUT2D eigenvalue weighted by Crippen LogP contribution is 2.09. The highest BCUT2D eigenvalue weighted by Gasteiger charge is 2.10. The van der Waals surface area contributed by atoms with E-state index in [4.69, 9.17) is 0 Å². The van der Waals surface area contributed by atoms with Gasteiger partial charge < -0.3 is 14.8 Å². The molecule has 114 valence electrons. The summed E-state index contributed by atoms with van der Waals surface area (Å²) in [6.07, 6.45) is 3.62. The molecule has 0 aromatic carbocycles. The first-order chi connectivity index (χ1) is 10.1. The fraction of sp³-hybridized carbons (Fsp3) is 0.467. The van der Waals surface area contributed by atoms with Gasteiger partial charge in [-0.25, -0.2) is 9.78 Å². The molecule has 0 aliphatic carbocycles. The van der Waals surface area contributed by atoms with Crippen LogP contribution in [0.25, 0.3) is 0 Å². The molecular formula is C15H22N4OS. The van der Waals surface area contributed by atoms with Gasteiger partial charge in [-0.15, -0.1) is 0 Å². The summed E-state index contributed by atoms with van der Waals surface area (Å²) >= 11 is 1.64. The quantitative estimate of drug-likeness (QED) is 0.892. The minimum absolute atomic E-state index is 0.0708. The van der Waals surface area contributed by atoms with Crippen molar-refractivity contribution in [2.24, 2.45) is 5.92 Å². The average molecular weight is 306 g/mol. The van der Waals surface area contributed by atoms with Crippen molar-refractivity contribution in [3.8, 4) is 0 Å². The van der Waals surface area contributed by atoms with Crippen molar-refractivity contribution < 1.29 is 4.79 Å². The van der Waals surface area contributed by atoms with Crippen molar-refractivity contribution in [1.82, 2.24) is 19.8 Å². The monoisotopic (exact) mass is 306 g/mol. The predicted molar refractivity (Wildman–Crippen MR) is 85.1 cm³/mol. The van der Waals surface area contributed by atoms with Crippen LogP contribution in [0.4, 0.5) is 4.79 Å². The van der Waals surface area contributed by atoms with Gasteiger partial charge in [-0.2, -0.15) is 11.3 Å². The molecule has 2 amide bonds. The summed E-state index contributed by atoms with van der Waals surface area (Å²) < 4.78 is 2.09. The molecule has 0 saturated carbocycles. The Balaban J connectivity index is 1.84. The van der Waals surface area contributed by atoms with Crippen LogP contribution in [0.1, 0.15) is 25.1 Å². The van der Waals surface area contributed by atoms with Crippen LogP contribution >= 0.6 is 11.3 Å². The average Bonchev–Trinajstić information content (AvgIpc) is 3.07. The summed E-state index contributed by atoms with van der Waals surface area (Å²) in [6.45, 7) is 6.37. The molecule has 0 bridgehead atoms. The molecule has 6 heteroatoms. The molecule has 2 heterocycles. The Hall–Kier alpha value is -1.82. The lowest BCUT2D eigenvalue weighted by molar-refractivity contribution is 0.206. The SMILES string of the molecule is CC(C)Cn1cncc1CNC(=O)N(C)Cc1ccsc1. The van der Waals surface area contributed by atoms with Crippen LogP contribution < -0.4 is 5.32 Å². The molecule has 0 unspecified atom stereocenters. The molecule has 2 aromatic heterocycles. The minimum atomic E-state index is -0.0708. The molecule has 2 aromatic rings. The lowest BCUT2D eigenvalue weighted by Crippen LogP contribution is -2.36. The summed E-state index contributed by atoms with van der Waals surface area (Å²) in [6, 6.07) is 1.96. The topological polar surface area (TPSA) is 50.2 Å². The molecule has 1 N–H and O–H groups in total. The second kappa shape index (κ2) is 7.26. The Morgan fingerprint density at radius 3 is 3.00 bits per heavy atom. The molecule has 2 rings (SSSR count). The number of urea groups is 1. The molecule has 0 radical (unpaired) electrons. The normalized spacial score (nSPS) is 10.9. The zero-order chi connectivity index (χ0) is 15.2. The number of rotatable bonds is 6. The van der Waals surface area contributed by atoms with Crippen molar-refractivity contribution in [2.75, 3.05) is 7.05 Å². The van der Waals surface area contributed by atoms with Crippen LogP contribution in [0.5, 0.6) is 0 Å². The van der Waals surface area contributed by atoms with E-state index < -0.39 is 0 Å². The zero-order valence-corrected chi connectivity index (χ0v) is 13.6. The lowest BCUT2D eigenvalue weighted by atomic mass is 10.2. The van der Waals surface area contributed by atoms with E-state index in [1.807, 2.05) is 24.0 Å². The molecule has 5 nitrogen and oxygen atoms in total. The van der Waals surface area contributed by atoms with E-state index in [1.54, 1.807) is 23.3 Å². The molecular weight excluding hydrogens is 284 g/mol. The van der Waals surface area contributed by atoms with Crippen LogP contribution in [0.3, 0.4) is 0 Å². The number of carbonyl (C=O) groups is 1. The predicted octanol–water partition coefficient (Wildman–Crippen LogP) is 2.94. The molecule has 21 heavy (non-hydrogen) atoms. The van der Waals surface area contributed by atoms with Crippen molar-refractivity contribution in [2.45, 2.75) is 33.5 Å². The molecule has 0 atom stereocenters. The summed E-state index contributed by atoms with van der Waals surface area (Å²) in [5.74, 6) is 0.551. The maximum atomic E-state index is 12.1. The summed E-state index contributed by atoms with van der Waals surface area (Å²) in [5, 5.41) is 7.02. The smallest absolute Gasteiger partial charge is 0.317 e. The van der Waals surface area contributed by atoms with Gasteiger partial charge in [-0.05, 0) is 28.3 Å². The van der Waals surface area contributed by atoms with Crippen molar-refractivity contribution >= 4 is 17.4 Å². The van der Waals surface area contributed by atoms with Gasteiger partial charge in [0.15, 0.2) is 0 Å². The van der Waals surface area contributed by atoms with E-state index >= 15 is 0 Å². The standard InChI is InChI=1S/C15H22N4OS/c1-12(2)8-19-11-16-6-14(19)7-17-15(20)18(3)9-13-4-5-21-10-13/h4-6,10-12H,7-9H2,1-3H3,(H,17,20). The van der Waals surface area contributed by atoms with Gasteiger partial charge in [0.25, 0.3) is 0 Å². The first-order valence-electron chi connectivity index (χ1n) is 7.05. The number of nitrogens with zero attached hydrogens (tertiary/aromatic N) is 3. The molecule has 0 spiro atoms. The van der Waals surface area contributed by atoms with E-state index in [2.05, 4.69) is 34.1 Å². The largest absolute Gasteiger partial charge is 0.333 e. The minimum Gasteiger partial charge on any atom is -0.333 e. The van der Waals surface area contributed by atoms with Gasteiger partial charge in [0.1, 0.15) is 0 Å². The number of nitrogens with one attached hydrogen (secondary N) is 1. The number of amides is 2. The Morgan fingerprint density at radius 2 is 2.33 bits per heavy atom. The van der Waals surface area contributed by atoms with Crippen molar-refractivity contribution in [3.05, 3.63) is 40.6 Å². The van der Waals surface area contributed by atoms with Gasteiger partial charge in [0.05, 0.1) is 18.6 Å². The molecule has 0 fully saturated rings. The van der Waals surface area contributed by atoms with E-state index in [1.165, 1.54) is 0 Å². The van der Waals surface area contributed by atoms with Gasteiger partial charge in [-0.3, -0.25) is 0 Å². The van der Waals surface area contributed by atoms with Gasteiger partial charge in [0.2, 0.25) is 0 Å². The number of hydrogen-bond acceptors (Lipinski definition) is 3. The third kappa shape index (κ3) is 4.60. The lowest BCUT2D eigenvalue weighted by Gasteiger charge is -2.18. The molecule has 0 aliphatic heterocycles. The second-order valence-electron chi connectivity index (χ2n) is 5.58. The maximum absolute atomic E-state index is 12.1. The summed E-state index contributed by atoms with van der Waals surface area (Å²) in [5.41, 5.74) is 2.18. The highest BCUT2D eigenvalue weighted by atomic mass is 32.1. The van der Waals surface area contributed by atoms with Crippen molar-refractivity contribution in [3.63, 3.8) is 0 Å². The van der Waals surface area contributed by atoms with Crippen LogP contribution in [-0.4, -0.2) is 27.5 Å². The van der Waals surface area contributed by atoms with E-state index in [0.717, 1.165) is 17.8 Å². The van der Waals surface area contributed by atoms with Gasteiger partial charge in [0, 0.05) is 26.3 Å². The van der Waals surface area contributed by atoms with Crippen LogP contribution in [0.15, 0.2) is 29.4 Å². The maximum Gasteiger partial charge on any atom is 0.317 e. The first-order valence-corrected chi connectivity index (χ1v) is 7.99. The summed E-state index contributed by atoms with van der Waals surface area (Å²) in [7, 11) is 1.80. The first kappa shape index (κ1) is 15.6. The number of hydrogen-bond donors (Lipinski definition) is 1. The Bertz CT molecular complexity index is 562. The number of aromatic nitrogens is 2. The van der Waals surface area contributed by atoms with E-state index in [-0.39, 0.29) is 6.03 Å². The Morgan fingerprint density at radius 1 is 1.52 bits per heavy atom. The summed E-state index contributed by atoms with van der Waals surface area (Å²) in [4.78, 5) is 17.9. The van der Waals surface area contributed by atoms with Gasteiger partial charge in [-0.1, -0.05) is 13.8 Å². The third-order valence-electron chi connectivity index (χ3n) is 3.13. The number of imidazole rings is 1. The second-order valence-corrected chi connectivity index (χ2v) is 6.36. The number of carbonyl (C=O) groups excluding carboxylic acids is 1. The zero-order valence-electron chi connectivity index (χ0n) is 12.7. The van der Waals surface area contributed by atoms with Crippen LogP contribution in [-0.2, 0) is 19.6 Å². The highest BCUT2D eigenvalue weighted by molar-refractivity contribution is 7.07. The van der Waals surface area contributed by atoms with Crippen LogP contribution in [0, 0.1) is 5.92 Å². The van der Waals surface area contributed by atoms with E-state index in [0.29, 0.717) is 19.0 Å². The number of thiophene rings is 1.